The van der Waals surface area contributed by atoms with E-state index in [-0.39, 0.29) is 17.9 Å². The minimum atomic E-state index is -0.300. The number of nitrogens with zero attached hydrogens (tertiary/aromatic N) is 3. The molecule has 0 saturated heterocycles. The summed E-state index contributed by atoms with van der Waals surface area (Å²) in [7, 11) is 0. The minimum absolute atomic E-state index is 0.218. The summed E-state index contributed by atoms with van der Waals surface area (Å²) in [5.41, 5.74) is 3.23. The first-order chi connectivity index (χ1) is 16.1. The molecule has 2 N–H and O–H groups in total. The van der Waals surface area contributed by atoms with Crippen LogP contribution in [0.3, 0.4) is 0 Å². The molecular formula is C25H25N5O2S. The molecule has 0 radical (unpaired) electrons. The van der Waals surface area contributed by atoms with Crippen molar-refractivity contribution in [2.24, 2.45) is 0 Å². The minimum Gasteiger partial charge on any atom is -0.342 e. The summed E-state index contributed by atoms with van der Waals surface area (Å²) < 4.78 is 1.89. The van der Waals surface area contributed by atoms with Crippen LogP contribution in [0.5, 0.6) is 0 Å². The van der Waals surface area contributed by atoms with E-state index in [1.807, 2.05) is 66.2 Å². The van der Waals surface area contributed by atoms with Gasteiger partial charge in [-0.1, -0.05) is 30.3 Å². The van der Waals surface area contributed by atoms with Gasteiger partial charge in [-0.2, -0.15) is 11.8 Å². The van der Waals surface area contributed by atoms with Gasteiger partial charge in [-0.3, -0.25) is 14.0 Å². The number of carbonyl (C=O) groups is 2. The Labute approximate surface area is 196 Å². The highest BCUT2D eigenvalue weighted by Crippen LogP contribution is 2.22. The molecule has 33 heavy (non-hydrogen) atoms. The third-order valence-electron chi connectivity index (χ3n) is 5.35. The number of rotatable bonds is 8. The topological polar surface area (TPSA) is 88.4 Å². The number of anilines is 1. The summed E-state index contributed by atoms with van der Waals surface area (Å²) in [4.78, 5) is 25.8. The lowest BCUT2D eigenvalue weighted by Gasteiger charge is -2.18. The number of hydrogen-bond donors (Lipinski definition) is 2. The van der Waals surface area contributed by atoms with Crippen LogP contribution in [0.2, 0.25) is 0 Å². The van der Waals surface area contributed by atoms with Gasteiger partial charge >= 0.3 is 0 Å². The third kappa shape index (κ3) is 5.23. The molecule has 0 bridgehead atoms. The molecule has 168 valence electrons. The van der Waals surface area contributed by atoms with Crippen molar-refractivity contribution in [3.05, 3.63) is 95.4 Å². The summed E-state index contributed by atoms with van der Waals surface area (Å²) in [6, 6.07) is 19.7. The van der Waals surface area contributed by atoms with Crippen molar-refractivity contribution in [3.63, 3.8) is 0 Å². The first-order valence-electron chi connectivity index (χ1n) is 10.6. The van der Waals surface area contributed by atoms with Gasteiger partial charge in [-0.25, -0.2) is 0 Å². The van der Waals surface area contributed by atoms with Gasteiger partial charge in [0.25, 0.3) is 11.8 Å². The molecule has 2 aromatic carbocycles. The first kappa shape index (κ1) is 22.5. The van der Waals surface area contributed by atoms with E-state index >= 15 is 0 Å². The number of nitrogens with one attached hydrogen (secondary N) is 2. The fraction of sp³-hybridized carbons (Fsp3) is 0.200. The Morgan fingerprint density at radius 3 is 2.55 bits per heavy atom. The highest BCUT2D eigenvalue weighted by Gasteiger charge is 2.21. The van der Waals surface area contributed by atoms with Crippen LogP contribution in [0.4, 0.5) is 5.69 Å². The van der Waals surface area contributed by atoms with Gasteiger partial charge in [0.15, 0.2) is 11.5 Å². The number of fused-ring (bicyclic) bond motifs is 1. The Balaban J connectivity index is 1.56. The summed E-state index contributed by atoms with van der Waals surface area (Å²) in [6.07, 6.45) is 4.64. The van der Waals surface area contributed by atoms with Crippen molar-refractivity contribution in [2.75, 3.05) is 17.3 Å². The molecule has 0 aliphatic carbocycles. The van der Waals surface area contributed by atoms with E-state index in [0.717, 1.165) is 17.0 Å². The van der Waals surface area contributed by atoms with Crippen LogP contribution in [0.25, 0.3) is 5.65 Å². The largest absolute Gasteiger partial charge is 0.342 e. The molecule has 8 heteroatoms. The molecule has 0 fully saturated rings. The Hall–Kier alpha value is -3.65. The summed E-state index contributed by atoms with van der Waals surface area (Å²) in [5.74, 6) is 1.10. The molecule has 0 saturated carbocycles. The smallest absolute Gasteiger partial charge is 0.255 e. The number of aromatic nitrogens is 3. The monoisotopic (exact) mass is 459 g/mol. The zero-order chi connectivity index (χ0) is 23.2. The van der Waals surface area contributed by atoms with E-state index in [1.54, 1.807) is 36.0 Å². The molecule has 2 amide bonds. The van der Waals surface area contributed by atoms with E-state index in [2.05, 4.69) is 20.8 Å². The predicted octanol–water partition coefficient (Wildman–Crippen LogP) is 4.51. The summed E-state index contributed by atoms with van der Waals surface area (Å²) >= 11 is 1.71. The van der Waals surface area contributed by atoms with Crippen molar-refractivity contribution >= 4 is 34.9 Å². The molecule has 2 aromatic heterocycles. The van der Waals surface area contributed by atoms with Gasteiger partial charge in [-0.15, -0.1) is 10.2 Å². The van der Waals surface area contributed by atoms with Gasteiger partial charge in [0.05, 0.1) is 6.04 Å². The summed E-state index contributed by atoms with van der Waals surface area (Å²) in [5, 5.41) is 14.6. The zero-order valence-electron chi connectivity index (χ0n) is 18.5. The second kappa shape index (κ2) is 10.3. The van der Waals surface area contributed by atoms with Crippen LogP contribution in [0.1, 0.15) is 44.6 Å². The molecule has 0 aliphatic heterocycles. The van der Waals surface area contributed by atoms with Crippen molar-refractivity contribution in [1.82, 2.24) is 19.9 Å². The highest BCUT2D eigenvalue weighted by molar-refractivity contribution is 7.98. The van der Waals surface area contributed by atoms with Crippen LogP contribution in [-0.4, -0.2) is 38.4 Å². The number of aryl methyl sites for hydroxylation is 1. The molecule has 0 spiro atoms. The fourth-order valence-electron chi connectivity index (χ4n) is 3.52. The van der Waals surface area contributed by atoms with Crippen molar-refractivity contribution in [3.8, 4) is 0 Å². The van der Waals surface area contributed by atoms with Gasteiger partial charge in [0.2, 0.25) is 0 Å². The maximum absolute atomic E-state index is 13.2. The van der Waals surface area contributed by atoms with Crippen molar-refractivity contribution in [2.45, 2.75) is 19.4 Å². The molecule has 1 unspecified atom stereocenters. The number of thioether (sulfide) groups is 1. The van der Waals surface area contributed by atoms with Gasteiger partial charge in [0.1, 0.15) is 0 Å². The fourth-order valence-corrected chi connectivity index (χ4v) is 3.99. The Kier molecular flexibility index (Phi) is 7.04. The van der Waals surface area contributed by atoms with E-state index in [9.17, 15) is 9.59 Å². The van der Waals surface area contributed by atoms with Crippen LogP contribution >= 0.6 is 11.8 Å². The Morgan fingerprint density at radius 1 is 0.970 bits per heavy atom. The average Bonchev–Trinajstić information content (AvgIpc) is 3.27. The number of hydrogen-bond acceptors (Lipinski definition) is 5. The zero-order valence-corrected chi connectivity index (χ0v) is 19.3. The lowest BCUT2D eigenvalue weighted by molar-refractivity contribution is 0.0932. The molecule has 2 heterocycles. The van der Waals surface area contributed by atoms with Crippen LogP contribution < -0.4 is 10.6 Å². The van der Waals surface area contributed by atoms with Gasteiger partial charge in [-0.05, 0) is 67.3 Å². The lowest BCUT2D eigenvalue weighted by atomic mass is 10.1. The molecular weight excluding hydrogens is 434 g/mol. The van der Waals surface area contributed by atoms with E-state index < -0.39 is 0 Å². The van der Waals surface area contributed by atoms with E-state index in [4.69, 9.17) is 0 Å². The van der Waals surface area contributed by atoms with E-state index in [0.29, 0.717) is 29.1 Å². The lowest BCUT2D eigenvalue weighted by Crippen LogP contribution is -2.30. The van der Waals surface area contributed by atoms with Crippen LogP contribution in [0.15, 0.2) is 72.9 Å². The maximum atomic E-state index is 13.2. The number of amides is 2. The second-order valence-electron chi connectivity index (χ2n) is 7.64. The molecule has 0 aliphatic rings. The quantitative estimate of drug-likeness (QED) is 0.405. The SMILES string of the molecule is CSCCC(NC(=O)c1ccc(C)c(NC(=O)c2ccccc2)c1)c1nnc2ccccn12. The highest BCUT2D eigenvalue weighted by atomic mass is 32.2. The molecule has 4 aromatic rings. The van der Waals surface area contributed by atoms with Gasteiger partial charge in [0, 0.05) is 23.0 Å². The Bertz CT molecular complexity index is 1270. The average molecular weight is 460 g/mol. The number of benzene rings is 2. The number of pyridine rings is 1. The van der Waals surface area contributed by atoms with Crippen LogP contribution in [0, 0.1) is 6.92 Å². The second-order valence-corrected chi connectivity index (χ2v) is 8.63. The molecule has 1 atom stereocenters. The normalized spacial score (nSPS) is 11.8. The van der Waals surface area contributed by atoms with Gasteiger partial charge < -0.3 is 10.6 Å². The molecule has 7 nitrogen and oxygen atoms in total. The predicted molar refractivity (Wildman–Crippen MR) is 132 cm³/mol. The third-order valence-corrected chi connectivity index (χ3v) is 6.00. The maximum Gasteiger partial charge on any atom is 0.255 e. The van der Waals surface area contributed by atoms with E-state index in [1.165, 1.54) is 0 Å². The number of carbonyl (C=O) groups excluding carboxylic acids is 2. The van der Waals surface area contributed by atoms with Crippen LogP contribution in [-0.2, 0) is 0 Å². The Morgan fingerprint density at radius 2 is 1.76 bits per heavy atom. The molecule has 4 rings (SSSR count). The summed E-state index contributed by atoms with van der Waals surface area (Å²) in [6.45, 7) is 1.89. The standard InChI is InChI=1S/C25H25N5O2S/c1-17-11-12-19(16-21(17)27-24(31)18-8-4-3-5-9-18)25(32)26-20(13-15-33-2)23-29-28-22-10-6-7-14-30(22)23/h3-12,14,16,20H,13,15H2,1-2H3,(H,26,32)(H,27,31). The van der Waals surface area contributed by atoms with Crippen molar-refractivity contribution in [1.29, 1.82) is 0 Å². The van der Waals surface area contributed by atoms with Crippen molar-refractivity contribution < 1.29 is 9.59 Å². The first-order valence-corrected chi connectivity index (χ1v) is 12.0.